The van der Waals surface area contributed by atoms with Crippen molar-refractivity contribution < 1.29 is 31.1 Å². The summed E-state index contributed by atoms with van der Waals surface area (Å²) in [6, 6.07) is 2.69. The smallest absolute Gasteiger partial charge is 0.350 e. The second kappa shape index (κ2) is 7.03. The van der Waals surface area contributed by atoms with Crippen LogP contribution < -0.4 is 0 Å². The molecule has 2 aliphatic heterocycles. The van der Waals surface area contributed by atoms with Gasteiger partial charge in [0.2, 0.25) is 10.0 Å². The summed E-state index contributed by atoms with van der Waals surface area (Å²) in [6.45, 7) is 1.09. The van der Waals surface area contributed by atoms with Crippen LogP contribution in [0.15, 0.2) is 23.1 Å². The van der Waals surface area contributed by atoms with Crippen LogP contribution in [0.3, 0.4) is 0 Å². The molecule has 1 aromatic carbocycles. The van der Waals surface area contributed by atoms with Gasteiger partial charge < -0.3 is 9.47 Å². The predicted molar refractivity (Wildman–Crippen MR) is 83.6 cm³/mol. The van der Waals surface area contributed by atoms with E-state index in [0.29, 0.717) is 32.1 Å². The molecule has 1 aromatic rings. The minimum atomic E-state index is -4.82. The summed E-state index contributed by atoms with van der Waals surface area (Å²) in [6.07, 6.45) is -4.10. The first kappa shape index (κ1) is 18.9. The fraction of sp³-hybridized carbons (Fsp3) is 0.600. The van der Waals surface area contributed by atoms with Crippen molar-refractivity contribution in [2.45, 2.75) is 30.2 Å². The quantitative estimate of drug-likeness (QED) is 0.783. The van der Waals surface area contributed by atoms with Crippen molar-refractivity contribution in [3.05, 3.63) is 28.8 Å². The van der Waals surface area contributed by atoms with E-state index in [1.807, 2.05) is 0 Å². The number of piperidine rings is 1. The molecule has 0 saturated carbocycles. The Balaban J connectivity index is 1.91. The van der Waals surface area contributed by atoms with Crippen LogP contribution in [0.1, 0.15) is 18.4 Å². The topological polar surface area (TPSA) is 55.8 Å². The van der Waals surface area contributed by atoms with E-state index in [0.717, 1.165) is 16.4 Å². The maximum absolute atomic E-state index is 13.3. The van der Waals surface area contributed by atoms with Crippen LogP contribution in [-0.4, -0.2) is 45.3 Å². The van der Waals surface area contributed by atoms with Crippen molar-refractivity contribution in [1.29, 1.82) is 0 Å². The van der Waals surface area contributed by atoms with Gasteiger partial charge in [0.1, 0.15) is 0 Å². The number of benzene rings is 1. The molecule has 2 fully saturated rings. The molecule has 10 heteroatoms. The van der Waals surface area contributed by atoms with Gasteiger partial charge in [-0.25, -0.2) is 8.42 Å². The highest BCUT2D eigenvalue weighted by atomic mass is 35.5. The van der Waals surface area contributed by atoms with Crippen LogP contribution in [0.5, 0.6) is 0 Å². The third-order valence-corrected chi connectivity index (χ3v) is 6.48. The monoisotopic (exact) mass is 399 g/mol. The highest BCUT2D eigenvalue weighted by Gasteiger charge is 2.41. The fourth-order valence-corrected chi connectivity index (χ4v) is 5.05. The zero-order chi connectivity index (χ0) is 18.2. The minimum absolute atomic E-state index is 0.0624. The largest absolute Gasteiger partial charge is 0.417 e. The Morgan fingerprint density at radius 2 is 1.88 bits per heavy atom. The molecule has 140 valence electrons. The standard InChI is InChI=1S/C15H17ClF3NO4S/c16-11-3-4-13(12(8-11)15(17,18)19)25(21,22)20-5-1-2-10(9-20)14-23-6-7-24-14/h3-4,8,10,14H,1-2,5-7,9H2/t10-/m0/s1. The van der Waals surface area contributed by atoms with Crippen LogP contribution in [0.25, 0.3) is 0 Å². The molecule has 3 rings (SSSR count). The molecule has 0 bridgehead atoms. The SMILES string of the molecule is O=S(=O)(c1ccc(Cl)cc1C(F)(F)F)N1CCC[C@H](C2OCCO2)C1. The van der Waals surface area contributed by atoms with Gasteiger partial charge in [-0.2, -0.15) is 17.5 Å². The number of alkyl halides is 3. The Labute approximate surface area is 148 Å². The number of hydrogen-bond acceptors (Lipinski definition) is 4. The average Bonchev–Trinajstić information content (AvgIpc) is 3.08. The summed E-state index contributed by atoms with van der Waals surface area (Å²) < 4.78 is 77.4. The summed E-state index contributed by atoms with van der Waals surface area (Å²) >= 11 is 5.63. The molecule has 2 saturated heterocycles. The Hall–Kier alpha value is -0.870. The zero-order valence-corrected chi connectivity index (χ0v) is 14.7. The Kier molecular flexibility index (Phi) is 5.32. The molecule has 0 aromatic heterocycles. The van der Waals surface area contributed by atoms with Gasteiger partial charge in [0.05, 0.1) is 23.7 Å². The van der Waals surface area contributed by atoms with E-state index in [1.54, 1.807) is 0 Å². The lowest BCUT2D eigenvalue weighted by atomic mass is 9.99. The Bertz CT molecular complexity index is 735. The predicted octanol–water partition coefficient (Wildman–Crippen LogP) is 3.13. The minimum Gasteiger partial charge on any atom is -0.350 e. The van der Waals surface area contributed by atoms with Gasteiger partial charge in [-0.05, 0) is 31.0 Å². The summed E-state index contributed by atoms with van der Waals surface area (Å²) in [5, 5.41) is -0.171. The fourth-order valence-electron chi connectivity index (χ4n) is 3.15. The van der Waals surface area contributed by atoms with Crippen LogP contribution in [0, 0.1) is 5.92 Å². The van der Waals surface area contributed by atoms with Gasteiger partial charge >= 0.3 is 6.18 Å². The van der Waals surface area contributed by atoms with Crippen LogP contribution in [-0.2, 0) is 25.7 Å². The maximum atomic E-state index is 13.3. The van der Waals surface area contributed by atoms with Crippen molar-refractivity contribution in [3.8, 4) is 0 Å². The molecular weight excluding hydrogens is 383 g/mol. The summed E-state index contributed by atoms with van der Waals surface area (Å²) in [5.41, 5.74) is -1.25. The van der Waals surface area contributed by atoms with Crippen molar-refractivity contribution in [2.24, 2.45) is 5.92 Å². The van der Waals surface area contributed by atoms with Gasteiger partial charge in [-0.15, -0.1) is 0 Å². The number of ether oxygens (including phenoxy) is 2. The molecule has 0 radical (unpaired) electrons. The van der Waals surface area contributed by atoms with Crippen molar-refractivity contribution >= 4 is 21.6 Å². The summed E-state index contributed by atoms with van der Waals surface area (Å²) in [7, 11) is -4.31. The lowest BCUT2D eigenvalue weighted by Gasteiger charge is -2.34. The van der Waals surface area contributed by atoms with Crippen LogP contribution in [0.4, 0.5) is 13.2 Å². The molecule has 2 heterocycles. The molecular formula is C15H17ClF3NO4S. The van der Waals surface area contributed by atoms with Crippen LogP contribution >= 0.6 is 11.6 Å². The van der Waals surface area contributed by atoms with Crippen molar-refractivity contribution in [1.82, 2.24) is 4.31 Å². The van der Waals surface area contributed by atoms with Gasteiger partial charge in [0, 0.05) is 24.0 Å². The van der Waals surface area contributed by atoms with E-state index in [1.165, 1.54) is 0 Å². The molecule has 1 atom stereocenters. The molecule has 0 aliphatic carbocycles. The molecule has 0 N–H and O–H groups in total. The molecule has 0 unspecified atom stereocenters. The molecule has 2 aliphatic rings. The second-order valence-corrected chi connectivity index (χ2v) is 8.36. The second-order valence-electron chi connectivity index (χ2n) is 6.01. The highest BCUT2D eigenvalue weighted by molar-refractivity contribution is 7.89. The van der Waals surface area contributed by atoms with Gasteiger partial charge in [-0.1, -0.05) is 11.6 Å². The van der Waals surface area contributed by atoms with E-state index in [2.05, 4.69) is 0 Å². The van der Waals surface area contributed by atoms with E-state index >= 15 is 0 Å². The molecule has 5 nitrogen and oxygen atoms in total. The first-order valence-corrected chi connectivity index (χ1v) is 9.61. The highest BCUT2D eigenvalue weighted by Crippen LogP contribution is 2.38. The van der Waals surface area contributed by atoms with Gasteiger partial charge in [0.25, 0.3) is 0 Å². The number of halogens is 4. The number of rotatable bonds is 3. The maximum Gasteiger partial charge on any atom is 0.417 e. The van der Waals surface area contributed by atoms with Crippen molar-refractivity contribution in [2.75, 3.05) is 26.3 Å². The number of nitrogens with zero attached hydrogens (tertiary/aromatic N) is 1. The molecule has 0 spiro atoms. The first-order chi connectivity index (χ1) is 11.7. The van der Waals surface area contributed by atoms with E-state index in [-0.39, 0.29) is 24.0 Å². The van der Waals surface area contributed by atoms with Gasteiger partial charge in [0.15, 0.2) is 6.29 Å². The molecule has 0 amide bonds. The normalized spacial score (nSPS) is 23.9. The lowest BCUT2D eigenvalue weighted by molar-refractivity contribution is -0.140. The zero-order valence-electron chi connectivity index (χ0n) is 13.1. The van der Waals surface area contributed by atoms with Crippen molar-refractivity contribution in [3.63, 3.8) is 0 Å². The lowest BCUT2D eigenvalue weighted by Crippen LogP contribution is -2.44. The van der Waals surface area contributed by atoms with Gasteiger partial charge in [-0.3, -0.25) is 0 Å². The van der Waals surface area contributed by atoms with E-state index in [9.17, 15) is 21.6 Å². The Morgan fingerprint density at radius 1 is 1.20 bits per heavy atom. The Morgan fingerprint density at radius 3 is 2.52 bits per heavy atom. The number of sulfonamides is 1. The third kappa shape index (κ3) is 3.95. The number of hydrogen-bond donors (Lipinski definition) is 0. The third-order valence-electron chi connectivity index (χ3n) is 4.32. The first-order valence-electron chi connectivity index (χ1n) is 7.80. The summed E-state index contributed by atoms with van der Waals surface area (Å²) in [5.74, 6) is -0.201. The average molecular weight is 400 g/mol. The van der Waals surface area contributed by atoms with E-state index < -0.39 is 32.9 Å². The molecule has 25 heavy (non-hydrogen) atoms. The van der Waals surface area contributed by atoms with E-state index in [4.69, 9.17) is 21.1 Å². The van der Waals surface area contributed by atoms with Crippen LogP contribution in [0.2, 0.25) is 5.02 Å². The summed E-state index contributed by atoms with van der Waals surface area (Å²) in [4.78, 5) is -0.779.